The van der Waals surface area contributed by atoms with Crippen LogP contribution in [0.25, 0.3) is 0 Å². The van der Waals surface area contributed by atoms with E-state index in [4.69, 9.17) is 9.47 Å². The smallest absolute Gasteiger partial charge is 0.0700 e. The highest BCUT2D eigenvalue weighted by molar-refractivity contribution is 4.87. The maximum Gasteiger partial charge on any atom is 0.0700 e. The Bertz CT molecular complexity index is 180. The first kappa shape index (κ1) is 9.44. The molecule has 3 nitrogen and oxygen atoms in total. The van der Waals surface area contributed by atoms with Gasteiger partial charge >= 0.3 is 0 Å². The topological polar surface area (TPSA) is 30.5 Å². The molecule has 0 aromatic rings. The van der Waals surface area contributed by atoms with Crippen molar-refractivity contribution in [1.82, 2.24) is 5.32 Å². The Kier molecular flexibility index (Phi) is 2.58. The molecule has 2 atom stereocenters. The third-order valence-electron chi connectivity index (χ3n) is 3.07. The highest BCUT2D eigenvalue weighted by Gasteiger charge is 2.34. The molecule has 0 spiro atoms. The molecule has 1 N–H and O–H groups in total. The zero-order chi connectivity index (χ0) is 9.31. The lowest BCUT2D eigenvalue weighted by Crippen LogP contribution is -2.50. The predicted octanol–water partition coefficient (Wildman–Crippen LogP) is 0.790. The summed E-state index contributed by atoms with van der Waals surface area (Å²) in [5, 5.41) is 3.57. The van der Waals surface area contributed by atoms with Crippen LogP contribution >= 0.6 is 0 Å². The van der Waals surface area contributed by atoms with Crippen LogP contribution in [0.4, 0.5) is 0 Å². The van der Waals surface area contributed by atoms with Crippen molar-refractivity contribution >= 4 is 0 Å². The monoisotopic (exact) mass is 185 g/mol. The molecule has 0 bridgehead atoms. The lowest BCUT2D eigenvalue weighted by molar-refractivity contribution is -0.100. The molecule has 0 aromatic carbocycles. The average molecular weight is 185 g/mol. The van der Waals surface area contributed by atoms with Gasteiger partial charge in [0, 0.05) is 24.6 Å². The van der Waals surface area contributed by atoms with Crippen molar-refractivity contribution < 1.29 is 9.47 Å². The van der Waals surface area contributed by atoms with Crippen LogP contribution in [0, 0.1) is 5.41 Å². The molecule has 2 rings (SSSR count). The van der Waals surface area contributed by atoms with Crippen LogP contribution in [0.2, 0.25) is 0 Å². The van der Waals surface area contributed by atoms with Crippen molar-refractivity contribution in [2.24, 2.45) is 5.41 Å². The van der Waals surface area contributed by atoms with E-state index in [1.54, 1.807) is 0 Å². The van der Waals surface area contributed by atoms with Gasteiger partial charge in [-0.1, -0.05) is 6.92 Å². The normalized spacial score (nSPS) is 37.4. The van der Waals surface area contributed by atoms with Crippen LogP contribution in [-0.2, 0) is 9.47 Å². The molecule has 2 saturated heterocycles. The minimum atomic E-state index is 0.377. The van der Waals surface area contributed by atoms with Crippen molar-refractivity contribution in [3.05, 3.63) is 0 Å². The van der Waals surface area contributed by atoms with Gasteiger partial charge in [0.2, 0.25) is 0 Å². The maximum atomic E-state index is 5.49. The van der Waals surface area contributed by atoms with E-state index in [-0.39, 0.29) is 0 Å². The van der Waals surface area contributed by atoms with Crippen LogP contribution in [0.3, 0.4) is 0 Å². The average Bonchev–Trinajstić information content (AvgIpc) is 2.44. The molecule has 2 aliphatic rings. The Balaban J connectivity index is 1.72. The van der Waals surface area contributed by atoms with Gasteiger partial charge < -0.3 is 14.8 Å². The number of nitrogens with one attached hydrogen (secondary N) is 1. The van der Waals surface area contributed by atoms with E-state index < -0.39 is 0 Å². The van der Waals surface area contributed by atoms with E-state index in [2.05, 4.69) is 19.2 Å². The van der Waals surface area contributed by atoms with Crippen LogP contribution < -0.4 is 5.32 Å². The van der Waals surface area contributed by atoms with Gasteiger partial charge in [0.05, 0.1) is 19.3 Å². The van der Waals surface area contributed by atoms with Crippen LogP contribution in [0.15, 0.2) is 0 Å². The lowest BCUT2D eigenvalue weighted by atomic mass is 9.88. The van der Waals surface area contributed by atoms with E-state index in [9.17, 15) is 0 Å². The molecule has 3 heteroatoms. The minimum Gasteiger partial charge on any atom is -0.380 e. The Hall–Kier alpha value is -0.120. The SMILES string of the molecule is CC1OCCC1NCC1(C)COC1. The summed E-state index contributed by atoms with van der Waals surface area (Å²) in [5.41, 5.74) is 0.377. The summed E-state index contributed by atoms with van der Waals surface area (Å²) in [6.45, 7) is 8.19. The fraction of sp³-hybridized carbons (Fsp3) is 1.00. The molecule has 2 heterocycles. The van der Waals surface area contributed by atoms with Gasteiger partial charge in [-0.25, -0.2) is 0 Å². The number of rotatable bonds is 3. The molecule has 0 saturated carbocycles. The first-order valence-corrected chi connectivity index (χ1v) is 5.12. The van der Waals surface area contributed by atoms with Gasteiger partial charge in [-0.2, -0.15) is 0 Å². The summed E-state index contributed by atoms with van der Waals surface area (Å²) >= 11 is 0. The van der Waals surface area contributed by atoms with Crippen LogP contribution in [0.5, 0.6) is 0 Å². The minimum absolute atomic E-state index is 0.377. The third-order valence-corrected chi connectivity index (χ3v) is 3.07. The summed E-state index contributed by atoms with van der Waals surface area (Å²) in [6, 6.07) is 0.553. The molecular weight excluding hydrogens is 166 g/mol. The van der Waals surface area contributed by atoms with Crippen molar-refractivity contribution in [2.45, 2.75) is 32.4 Å². The number of ether oxygens (including phenoxy) is 2. The second kappa shape index (κ2) is 3.56. The Labute approximate surface area is 79.8 Å². The molecule has 2 fully saturated rings. The van der Waals surface area contributed by atoms with E-state index in [0.717, 1.165) is 32.8 Å². The largest absolute Gasteiger partial charge is 0.380 e. The van der Waals surface area contributed by atoms with Crippen molar-refractivity contribution in [1.29, 1.82) is 0 Å². The van der Waals surface area contributed by atoms with Gasteiger partial charge in [0.1, 0.15) is 0 Å². The first-order valence-electron chi connectivity index (χ1n) is 5.12. The van der Waals surface area contributed by atoms with Crippen LogP contribution in [-0.4, -0.2) is 38.5 Å². The highest BCUT2D eigenvalue weighted by atomic mass is 16.5. The maximum absolute atomic E-state index is 5.49. The lowest BCUT2D eigenvalue weighted by Gasteiger charge is -2.39. The fourth-order valence-electron chi connectivity index (χ4n) is 1.93. The molecule has 0 aromatic heterocycles. The van der Waals surface area contributed by atoms with Gasteiger partial charge in [-0.3, -0.25) is 0 Å². The molecule has 2 unspecified atom stereocenters. The van der Waals surface area contributed by atoms with Crippen molar-refractivity contribution in [3.63, 3.8) is 0 Å². The van der Waals surface area contributed by atoms with E-state index in [1.165, 1.54) is 0 Å². The molecule has 13 heavy (non-hydrogen) atoms. The van der Waals surface area contributed by atoms with Crippen molar-refractivity contribution in [2.75, 3.05) is 26.4 Å². The molecule has 0 radical (unpaired) electrons. The zero-order valence-corrected chi connectivity index (χ0v) is 8.51. The van der Waals surface area contributed by atoms with E-state index in [1.807, 2.05) is 0 Å². The second-order valence-corrected chi connectivity index (χ2v) is 4.66. The van der Waals surface area contributed by atoms with Gasteiger partial charge in [0.25, 0.3) is 0 Å². The van der Waals surface area contributed by atoms with Gasteiger partial charge in [-0.15, -0.1) is 0 Å². The molecular formula is C10H19NO2. The Morgan fingerprint density at radius 1 is 1.46 bits per heavy atom. The third kappa shape index (κ3) is 2.03. The fourth-order valence-corrected chi connectivity index (χ4v) is 1.93. The van der Waals surface area contributed by atoms with Gasteiger partial charge in [-0.05, 0) is 13.3 Å². The van der Waals surface area contributed by atoms with Gasteiger partial charge in [0.15, 0.2) is 0 Å². The Morgan fingerprint density at radius 2 is 2.23 bits per heavy atom. The zero-order valence-electron chi connectivity index (χ0n) is 8.51. The summed E-state index contributed by atoms with van der Waals surface area (Å²) in [5.74, 6) is 0. The summed E-state index contributed by atoms with van der Waals surface area (Å²) in [7, 11) is 0. The summed E-state index contributed by atoms with van der Waals surface area (Å²) in [4.78, 5) is 0. The predicted molar refractivity (Wildman–Crippen MR) is 50.7 cm³/mol. The Morgan fingerprint density at radius 3 is 2.69 bits per heavy atom. The molecule has 76 valence electrons. The molecule has 0 amide bonds. The molecule has 0 aliphatic carbocycles. The standard InChI is InChI=1S/C10H19NO2/c1-8-9(3-4-13-8)11-5-10(2)6-12-7-10/h8-9,11H,3-7H2,1-2H3. The quantitative estimate of drug-likeness (QED) is 0.705. The summed E-state index contributed by atoms with van der Waals surface area (Å²) < 4.78 is 10.7. The van der Waals surface area contributed by atoms with Crippen LogP contribution in [0.1, 0.15) is 20.3 Å². The van der Waals surface area contributed by atoms with Crippen molar-refractivity contribution in [3.8, 4) is 0 Å². The number of hydrogen-bond donors (Lipinski definition) is 1. The highest BCUT2D eigenvalue weighted by Crippen LogP contribution is 2.26. The van der Waals surface area contributed by atoms with E-state index in [0.29, 0.717) is 17.6 Å². The number of hydrogen-bond acceptors (Lipinski definition) is 3. The van der Waals surface area contributed by atoms with E-state index >= 15 is 0 Å². The summed E-state index contributed by atoms with van der Waals surface area (Å²) in [6.07, 6.45) is 1.53. The first-order chi connectivity index (χ1) is 6.20. The molecule has 2 aliphatic heterocycles. The second-order valence-electron chi connectivity index (χ2n) is 4.66.